The summed E-state index contributed by atoms with van der Waals surface area (Å²) in [5.41, 5.74) is 1.64. The van der Waals surface area contributed by atoms with E-state index in [1.807, 2.05) is 6.07 Å². The number of aromatic nitrogens is 2. The van der Waals surface area contributed by atoms with E-state index in [0.717, 1.165) is 54.3 Å². The van der Waals surface area contributed by atoms with Crippen LogP contribution in [0.5, 0.6) is 5.75 Å². The van der Waals surface area contributed by atoms with Gasteiger partial charge in [-0.25, -0.2) is 9.97 Å². The maximum Gasteiger partial charge on any atom is 0.242 e. The smallest absolute Gasteiger partial charge is 0.242 e. The van der Waals surface area contributed by atoms with Crippen molar-refractivity contribution in [2.45, 2.75) is 26.3 Å². The molecule has 3 aromatic rings. The number of hydrogen-bond donors (Lipinski definition) is 2. The van der Waals surface area contributed by atoms with Gasteiger partial charge >= 0.3 is 0 Å². The molecule has 0 aliphatic carbocycles. The summed E-state index contributed by atoms with van der Waals surface area (Å²) in [5.74, 6) is 1.13. The van der Waals surface area contributed by atoms with Gasteiger partial charge in [0.2, 0.25) is 11.8 Å². The summed E-state index contributed by atoms with van der Waals surface area (Å²) in [6.45, 7) is 7.85. The first-order valence-electron chi connectivity index (χ1n) is 14.2. The highest BCUT2D eigenvalue weighted by atomic mass is 32.1. The van der Waals surface area contributed by atoms with Crippen LogP contribution in [0.25, 0.3) is 21.6 Å². The van der Waals surface area contributed by atoms with E-state index in [-0.39, 0.29) is 42.7 Å². The molecule has 2 N–H and O–H groups in total. The second-order valence-corrected chi connectivity index (χ2v) is 11.5. The Labute approximate surface area is 248 Å². The Morgan fingerprint density at radius 3 is 2.57 bits per heavy atom. The summed E-state index contributed by atoms with van der Waals surface area (Å²) in [6, 6.07) is 9.11. The number of allylic oxidation sites excluding steroid dienone is 2. The van der Waals surface area contributed by atoms with Crippen LogP contribution in [0.4, 0.5) is 5.82 Å². The Hall–Kier alpha value is -3.87. The summed E-state index contributed by atoms with van der Waals surface area (Å²) in [6.07, 6.45) is 3.31. The van der Waals surface area contributed by atoms with Crippen LogP contribution >= 0.6 is 11.3 Å². The highest BCUT2D eigenvalue weighted by Crippen LogP contribution is 2.35. The number of ether oxygens (including phenoxy) is 1. The molecule has 0 unspecified atom stereocenters. The number of nitrogens with zero attached hydrogens (tertiary/aromatic N) is 5. The normalized spacial score (nSPS) is 16.3. The van der Waals surface area contributed by atoms with Crippen molar-refractivity contribution < 1.29 is 24.2 Å². The Morgan fingerprint density at radius 2 is 1.83 bits per heavy atom. The molecular formula is C30H36N6O5S. The zero-order valence-corrected chi connectivity index (χ0v) is 24.6. The number of morpholine rings is 1. The number of piperazine rings is 1. The molecule has 4 heterocycles. The maximum absolute atomic E-state index is 12.7. The van der Waals surface area contributed by atoms with Crippen LogP contribution in [-0.2, 0) is 25.7 Å². The fourth-order valence-electron chi connectivity index (χ4n) is 5.06. The third kappa shape index (κ3) is 7.50. The largest absolute Gasteiger partial charge is 0.508 e. The molecule has 5 rings (SSSR count). The molecule has 12 heteroatoms. The molecule has 0 atom stereocenters. The first-order chi connectivity index (χ1) is 20.4. The molecule has 222 valence electrons. The Morgan fingerprint density at radius 1 is 1.05 bits per heavy atom. The minimum absolute atomic E-state index is 0.0581. The van der Waals surface area contributed by atoms with Gasteiger partial charge in [0.05, 0.1) is 30.0 Å². The van der Waals surface area contributed by atoms with Gasteiger partial charge in [-0.3, -0.25) is 19.3 Å². The van der Waals surface area contributed by atoms with Crippen molar-refractivity contribution in [3.05, 3.63) is 47.4 Å². The van der Waals surface area contributed by atoms with Crippen molar-refractivity contribution in [3.8, 4) is 17.1 Å². The Balaban J connectivity index is 1.20. The zero-order valence-electron chi connectivity index (χ0n) is 23.8. The van der Waals surface area contributed by atoms with Crippen molar-refractivity contribution in [1.29, 1.82) is 0 Å². The summed E-state index contributed by atoms with van der Waals surface area (Å²) in [7, 11) is 0. The molecule has 11 nitrogen and oxygen atoms in total. The first kappa shape index (κ1) is 29.6. The van der Waals surface area contributed by atoms with Gasteiger partial charge in [-0.1, -0.05) is 18.2 Å². The van der Waals surface area contributed by atoms with E-state index in [4.69, 9.17) is 14.7 Å². The number of anilines is 1. The second-order valence-electron chi connectivity index (χ2n) is 10.3. The van der Waals surface area contributed by atoms with E-state index in [9.17, 15) is 19.5 Å². The lowest BCUT2D eigenvalue weighted by Gasteiger charge is -2.34. The highest BCUT2D eigenvalue weighted by Gasteiger charge is 2.24. The number of carbonyl (C=O) groups excluding carboxylic acids is 3. The average Bonchev–Trinajstić information content (AvgIpc) is 3.41. The number of carbonyl (C=O) groups is 3. The van der Waals surface area contributed by atoms with Crippen molar-refractivity contribution in [3.63, 3.8) is 0 Å². The van der Waals surface area contributed by atoms with E-state index in [1.165, 1.54) is 11.0 Å². The average molecular weight is 593 g/mol. The number of nitrogens with one attached hydrogen (secondary N) is 1. The lowest BCUT2D eigenvalue weighted by atomic mass is 10.2. The summed E-state index contributed by atoms with van der Waals surface area (Å²) >= 11 is 1.69. The lowest BCUT2D eigenvalue weighted by Crippen LogP contribution is -2.50. The summed E-state index contributed by atoms with van der Waals surface area (Å²) in [5, 5.41) is 12.7. The molecule has 2 aromatic heterocycles. The number of hydrogen-bond acceptors (Lipinski definition) is 10. The van der Waals surface area contributed by atoms with Crippen LogP contribution < -0.4 is 10.2 Å². The van der Waals surface area contributed by atoms with E-state index >= 15 is 0 Å². The number of fused-ring (bicyclic) bond motifs is 1. The van der Waals surface area contributed by atoms with Gasteiger partial charge in [0.25, 0.3) is 0 Å². The third-order valence-corrected chi connectivity index (χ3v) is 8.42. The van der Waals surface area contributed by atoms with Gasteiger partial charge in [-0.05, 0) is 31.2 Å². The van der Waals surface area contributed by atoms with Gasteiger partial charge in [-0.2, -0.15) is 0 Å². The van der Waals surface area contributed by atoms with Crippen LogP contribution in [0.3, 0.4) is 0 Å². The maximum atomic E-state index is 12.7. The number of phenolic OH excluding ortho intramolecular Hbond substituents is 1. The molecule has 0 bridgehead atoms. The van der Waals surface area contributed by atoms with E-state index in [0.29, 0.717) is 32.1 Å². The Kier molecular flexibility index (Phi) is 9.78. The van der Waals surface area contributed by atoms with Crippen LogP contribution in [0.2, 0.25) is 0 Å². The minimum Gasteiger partial charge on any atom is -0.508 e. The number of ketones is 1. The standard InChI is InChI=1S/C30H36N6O5S/c1-2-4-22(37)7-8-26(39)31-19-27(40)35-11-9-34(10-12-35)20-24-18-25-28(42-24)30(36-13-15-41-16-14-36)33-29(32-25)21-5-3-6-23(38)17-21/h2-6,17-18,38H,7-16,19-20H2,1H3,(H,31,39). The molecule has 42 heavy (non-hydrogen) atoms. The molecule has 2 amide bonds. The number of phenols is 1. The van der Waals surface area contributed by atoms with Gasteiger partial charge in [-0.15, -0.1) is 11.3 Å². The van der Waals surface area contributed by atoms with E-state index in [1.54, 1.807) is 47.4 Å². The molecule has 2 aliphatic rings. The second kappa shape index (κ2) is 13.9. The highest BCUT2D eigenvalue weighted by molar-refractivity contribution is 7.19. The van der Waals surface area contributed by atoms with Crippen LogP contribution in [0.1, 0.15) is 24.6 Å². The van der Waals surface area contributed by atoms with Gasteiger partial charge in [0, 0.05) is 69.1 Å². The number of aromatic hydroxyl groups is 1. The van der Waals surface area contributed by atoms with Crippen molar-refractivity contribution in [2.24, 2.45) is 0 Å². The third-order valence-electron chi connectivity index (χ3n) is 7.31. The number of benzene rings is 1. The summed E-state index contributed by atoms with van der Waals surface area (Å²) in [4.78, 5) is 53.5. The Bertz CT molecular complexity index is 1460. The van der Waals surface area contributed by atoms with Crippen LogP contribution in [0, 0.1) is 0 Å². The number of thiophene rings is 1. The molecule has 0 radical (unpaired) electrons. The number of rotatable bonds is 10. The van der Waals surface area contributed by atoms with Crippen molar-refractivity contribution in [2.75, 3.05) is 63.9 Å². The molecule has 1 aromatic carbocycles. The summed E-state index contributed by atoms with van der Waals surface area (Å²) < 4.78 is 6.60. The molecule has 2 aliphatic heterocycles. The molecular weight excluding hydrogens is 556 g/mol. The van der Waals surface area contributed by atoms with Gasteiger partial charge < -0.3 is 25.0 Å². The fraction of sp³-hybridized carbons (Fsp3) is 0.433. The zero-order chi connectivity index (χ0) is 29.5. The van der Waals surface area contributed by atoms with Gasteiger partial charge in [0.1, 0.15) is 5.75 Å². The van der Waals surface area contributed by atoms with Crippen LogP contribution in [0.15, 0.2) is 42.5 Å². The topological polar surface area (TPSA) is 128 Å². The monoisotopic (exact) mass is 592 g/mol. The fourth-order valence-corrected chi connectivity index (χ4v) is 6.22. The van der Waals surface area contributed by atoms with Crippen LogP contribution in [-0.4, -0.2) is 101 Å². The predicted molar refractivity (Wildman–Crippen MR) is 161 cm³/mol. The number of amides is 2. The van der Waals surface area contributed by atoms with Crippen molar-refractivity contribution >= 4 is 45.0 Å². The molecule has 2 saturated heterocycles. The SMILES string of the molecule is CC=CC(=O)CCC(=O)NCC(=O)N1CCN(Cc2cc3nc(-c4cccc(O)c4)nc(N4CCOCC4)c3s2)CC1. The van der Waals surface area contributed by atoms with E-state index in [2.05, 4.69) is 21.2 Å². The van der Waals surface area contributed by atoms with E-state index < -0.39 is 0 Å². The minimum atomic E-state index is -0.295. The lowest BCUT2D eigenvalue weighted by molar-refractivity contribution is -0.134. The molecule has 2 fully saturated rings. The molecule has 0 spiro atoms. The van der Waals surface area contributed by atoms with Crippen molar-refractivity contribution in [1.82, 2.24) is 25.1 Å². The predicted octanol–water partition coefficient (Wildman–Crippen LogP) is 2.59. The quantitative estimate of drug-likeness (QED) is 0.342. The molecule has 0 saturated carbocycles. The first-order valence-corrected chi connectivity index (χ1v) is 15.1. The van der Waals surface area contributed by atoms with Gasteiger partial charge in [0.15, 0.2) is 17.4 Å².